The van der Waals surface area contributed by atoms with Crippen molar-refractivity contribution in [3.05, 3.63) is 46.2 Å². The SMILES string of the molecule is CC(=O)Nc1ccc(S(=O)(=O)NC[C@](O)(c2cccs2)C2CC2)c(C)c1. The molecule has 0 spiro atoms. The largest absolute Gasteiger partial charge is 0.383 e. The van der Waals surface area contributed by atoms with Gasteiger partial charge in [-0.25, -0.2) is 13.1 Å². The molecule has 0 radical (unpaired) electrons. The Labute approximate surface area is 157 Å². The quantitative estimate of drug-likeness (QED) is 0.673. The lowest BCUT2D eigenvalue weighted by atomic mass is 9.96. The lowest BCUT2D eigenvalue weighted by Gasteiger charge is -2.27. The lowest BCUT2D eigenvalue weighted by Crippen LogP contribution is -2.42. The van der Waals surface area contributed by atoms with Gasteiger partial charge < -0.3 is 10.4 Å². The predicted molar refractivity (Wildman–Crippen MR) is 102 cm³/mol. The molecule has 8 heteroatoms. The highest BCUT2D eigenvalue weighted by Crippen LogP contribution is 2.46. The Kier molecular flexibility index (Phi) is 5.21. The van der Waals surface area contributed by atoms with E-state index in [1.54, 1.807) is 19.1 Å². The number of benzene rings is 1. The second-order valence-corrected chi connectivity index (χ2v) is 9.34. The summed E-state index contributed by atoms with van der Waals surface area (Å²) in [4.78, 5) is 12.0. The highest BCUT2D eigenvalue weighted by molar-refractivity contribution is 7.89. The molecule has 1 aromatic carbocycles. The molecule has 0 saturated heterocycles. The van der Waals surface area contributed by atoms with Crippen molar-refractivity contribution >= 4 is 33.0 Å². The summed E-state index contributed by atoms with van der Waals surface area (Å²) < 4.78 is 28.0. The molecule has 0 bridgehead atoms. The zero-order valence-corrected chi connectivity index (χ0v) is 16.3. The van der Waals surface area contributed by atoms with Gasteiger partial charge in [-0.1, -0.05) is 6.07 Å². The minimum absolute atomic E-state index is 0.0621. The summed E-state index contributed by atoms with van der Waals surface area (Å²) in [6.45, 7) is 3.00. The van der Waals surface area contributed by atoms with E-state index in [0.29, 0.717) is 11.3 Å². The van der Waals surface area contributed by atoms with Crippen LogP contribution in [0, 0.1) is 12.8 Å². The highest BCUT2D eigenvalue weighted by atomic mass is 32.2. The van der Waals surface area contributed by atoms with Crippen LogP contribution < -0.4 is 10.0 Å². The summed E-state index contributed by atoms with van der Waals surface area (Å²) in [5, 5.41) is 15.6. The third-order valence-corrected chi connectivity index (χ3v) is 7.12. The number of amides is 1. The van der Waals surface area contributed by atoms with Crippen LogP contribution in [0.1, 0.15) is 30.2 Å². The third-order valence-electron chi connectivity index (χ3n) is 4.52. The first kappa shape index (κ1) is 19.0. The Balaban J connectivity index is 1.79. The van der Waals surface area contributed by atoms with Crippen LogP contribution in [0.25, 0.3) is 0 Å². The molecule has 1 aromatic heterocycles. The van der Waals surface area contributed by atoms with Gasteiger partial charge in [0.2, 0.25) is 15.9 Å². The molecule has 26 heavy (non-hydrogen) atoms. The molecule has 3 N–H and O–H groups in total. The third kappa shape index (κ3) is 3.98. The molecule has 3 rings (SSSR count). The molecule has 1 fully saturated rings. The standard InChI is InChI=1S/C18H22N2O4S2/c1-12-10-15(20-13(2)21)7-8-16(12)26(23,24)19-11-18(22,14-5-6-14)17-4-3-9-25-17/h3-4,7-10,14,19,22H,5-6,11H2,1-2H3,(H,20,21)/t18-/m1/s1. The number of hydrogen-bond acceptors (Lipinski definition) is 5. The predicted octanol–water partition coefficient (Wildman–Crippen LogP) is 2.59. The van der Waals surface area contributed by atoms with Crippen molar-refractivity contribution in [1.82, 2.24) is 4.72 Å². The van der Waals surface area contributed by atoms with Gasteiger partial charge in [0.05, 0.1) is 4.90 Å². The number of rotatable bonds is 7. The molecular formula is C18H22N2O4S2. The van der Waals surface area contributed by atoms with Crippen molar-refractivity contribution in [2.75, 3.05) is 11.9 Å². The average molecular weight is 395 g/mol. The Morgan fingerprint density at radius 1 is 1.35 bits per heavy atom. The zero-order chi connectivity index (χ0) is 18.9. The van der Waals surface area contributed by atoms with E-state index < -0.39 is 15.6 Å². The van der Waals surface area contributed by atoms with Crippen LogP contribution in [0.5, 0.6) is 0 Å². The molecule has 1 amide bonds. The Morgan fingerprint density at radius 2 is 2.08 bits per heavy atom. The fourth-order valence-corrected chi connectivity index (χ4v) is 5.23. The first-order chi connectivity index (χ1) is 12.2. The van der Waals surface area contributed by atoms with Crippen LogP contribution in [0.15, 0.2) is 40.6 Å². The van der Waals surface area contributed by atoms with Crippen molar-refractivity contribution < 1.29 is 18.3 Å². The van der Waals surface area contributed by atoms with Gasteiger partial charge in [-0.05, 0) is 60.9 Å². The number of anilines is 1. The van der Waals surface area contributed by atoms with E-state index in [4.69, 9.17) is 0 Å². The fraction of sp³-hybridized carbons (Fsp3) is 0.389. The molecule has 2 aromatic rings. The van der Waals surface area contributed by atoms with Crippen LogP contribution in [-0.2, 0) is 20.4 Å². The molecule has 1 aliphatic rings. The van der Waals surface area contributed by atoms with Crippen LogP contribution >= 0.6 is 11.3 Å². The second-order valence-electron chi connectivity index (χ2n) is 6.66. The molecule has 0 aliphatic heterocycles. The van der Waals surface area contributed by atoms with Crippen LogP contribution in [-0.4, -0.2) is 26.0 Å². The van der Waals surface area contributed by atoms with Crippen molar-refractivity contribution in [3.8, 4) is 0 Å². The molecule has 1 saturated carbocycles. The normalized spacial score (nSPS) is 16.9. The molecule has 1 heterocycles. The summed E-state index contributed by atoms with van der Waals surface area (Å²) in [5.74, 6) is -0.143. The van der Waals surface area contributed by atoms with Crippen LogP contribution in [0.3, 0.4) is 0 Å². The summed E-state index contributed by atoms with van der Waals surface area (Å²) in [6.07, 6.45) is 1.78. The van der Waals surface area contributed by atoms with Gasteiger partial charge in [-0.15, -0.1) is 11.3 Å². The molecule has 6 nitrogen and oxygen atoms in total. The zero-order valence-electron chi connectivity index (χ0n) is 14.7. The van der Waals surface area contributed by atoms with E-state index in [-0.39, 0.29) is 23.3 Å². The van der Waals surface area contributed by atoms with Crippen LogP contribution in [0.4, 0.5) is 5.69 Å². The van der Waals surface area contributed by atoms with Gasteiger partial charge in [0, 0.05) is 24.0 Å². The number of aryl methyl sites for hydroxylation is 1. The molecule has 140 valence electrons. The summed E-state index contributed by atoms with van der Waals surface area (Å²) in [5.41, 5.74) is -0.109. The highest BCUT2D eigenvalue weighted by Gasteiger charge is 2.46. The summed E-state index contributed by atoms with van der Waals surface area (Å²) in [7, 11) is -3.78. The molecular weight excluding hydrogens is 372 g/mol. The van der Waals surface area contributed by atoms with Gasteiger partial charge in [0.1, 0.15) is 5.60 Å². The Morgan fingerprint density at radius 3 is 2.62 bits per heavy atom. The number of carbonyl (C=O) groups excluding carboxylic acids is 1. The molecule has 1 atom stereocenters. The minimum Gasteiger partial charge on any atom is -0.383 e. The fourth-order valence-electron chi connectivity index (χ4n) is 3.03. The first-order valence-corrected chi connectivity index (χ1v) is 10.7. The number of nitrogens with one attached hydrogen (secondary N) is 2. The number of carbonyl (C=O) groups is 1. The smallest absolute Gasteiger partial charge is 0.240 e. The van der Waals surface area contributed by atoms with E-state index in [1.807, 2.05) is 17.5 Å². The maximum atomic E-state index is 12.7. The maximum absolute atomic E-state index is 12.7. The van der Waals surface area contributed by atoms with E-state index >= 15 is 0 Å². The van der Waals surface area contributed by atoms with E-state index in [1.165, 1.54) is 24.3 Å². The van der Waals surface area contributed by atoms with Crippen molar-refractivity contribution in [2.45, 2.75) is 37.2 Å². The summed E-state index contributed by atoms with van der Waals surface area (Å²) in [6, 6.07) is 8.32. The first-order valence-electron chi connectivity index (χ1n) is 8.36. The molecule has 1 aliphatic carbocycles. The lowest BCUT2D eigenvalue weighted by molar-refractivity contribution is -0.114. The van der Waals surface area contributed by atoms with Gasteiger partial charge in [-0.2, -0.15) is 0 Å². The number of hydrogen-bond donors (Lipinski definition) is 3. The van der Waals surface area contributed by atoms with E-state index in [0.717, 1.165) is 17.7 Å². The summed E-state index contributed by atoms with van der Waals surface area (Å²) >= 11 is 1.43. The number of sulfonamides is 1. The Hall–Kier alpha value is -1.74. The second kappa shape index (κ2) is 7.11. The van der Waals surface area contributed by atoms with E-state index in [2.05, 4.69) is 10.0 Å². The Bertz CT molecular complexity index is 905. The van der Waals surface area contributed by atoms with E-state index in [9.17, 15) is 18.3 Å². The molecule has 0 unspecified atom stereocenters. The minimum atomic E-state index is -3.78. The monoisotopic (exact) mass is 394 g/mol. The van der Waals surface area contributed by atoms with Gasteiger partial charge in [0.25, 0.3) is 0 Å². The van der Waals surface area contributed by atoms with Gasteiger partial charge >= 0.3 is 0 Å². The van der Waals surface area contributed by atoms with Crippen LogP contribution in [0.2, 0.25) is 0 Å². The average Bonchev–Trinajstić information content (AvgIpc) is 3.27. The topological polar surface area (TPSA) is 95.5 Å². The van der Waals surface area contributed by atoms with Crippen molar-refractivity contribution in [2.24, 2.45) is 5.92 Å². The van der Waals surface area contributed by atoms with Gasteiger partial charge in [0.15, 0.2) is 0 Å². The van der Waals surface area contributed by atoms with Crippen molar-refractivity contribution in [3.63, 3.8) is 0 Å². The van der Waals surface area contributed by atoms with Gasteiger partial charge in [-0.3, -0.25) is 4.79 Å². The van der Waals surface area contributed by atoms with Crippen molar-refractivity contribution in [1.29, 1.82) is 0 Å². The number of aliphatic hydroxyl groups is 1. The number of thiophene rings is 1. The maximum Gasteiger partial charge on any atom is 0.240 e.